The van der Waals surface area contributed by atoms with Crippen LogP contribution in [0.25, 0.3) is 0 Å². The van der Waals surface area contributed by atoms with Crippen LogP contribution in [0.1, 0.15) is 44.9 Å². The lowest BCUT2D eigenvalue weighted by molar-refractivity contribution is 0.393. The molecular formula is C15H26N2O. The number of rotatable bonds is 4. The van der Waals surface area contributed by atoms with Crippen molar-refractivity contribution >= 4 is 0 Å². The van der Waals surface area contributed by atoms with Crippen LogP contribution in [0.5, 0.6) is 5.75 Å². The van der Waals surface area contributed by atoms with Crippen LogP contribution < -0.4 is 15.8 Å². The third-order valence-electron chi connectivity index (χ3n) is 3.27. The molecule has 0 amide bonds. The molecule has 0 aliphatic rings. The third kappa shape index (κ3) is 3.24. The Balaban J connectivity index is 3.29. The van der Waals surface area contributed by atoms with Crippen LogP contribution in [0.4, 0.5) is 0 Å². The second kappa shape index (κ2) is 5.72. The molecule has 0 heterocycles. The summed E-state index contributed by atoms with van der Waals surface area (Å²) in [5.74, 6) is 0.889. The molecule has 0 saturated heterocycles. The molecule has 102 valence electrons. The predicted molar refractivity (Wildman–Crippen MR) is 77.1 cm³/mol. The van der Waals surface area contributed by atoms with E-state index in [4.69, 9.17) is 10.5 Å². The maximum atomic E-state index is 6.04. The van der Waals surface area contributed by atoms with Gasteiger partial charge in [0.15, 0.2) is 0 Å². The number of likely N-dealkylation sites (N-methyl/N-ethyl adjacent to an activating group) is 1. The van der Waals surface area contributed by atoms with E-state index in [9.17, 15) is 0 Å². The largest absolute Gasteiger partial charge is 0.496 e. The summed E-state index contributed by atoms with van der Waals surface area (Å²) in [6.45, 7) is 8.63. The maximum absolute atomic E-state index is 6.04. The lowest BCUT2D eigenvalue weighted by Gasteiger charge is -2.26. The fourth-order valence-corrected chi connectivity index (χ4v) is 2.15. The number of hydrogen-bond acceptors (Lipinski definition) is 3. The zero-order valence-corrected chi connectivity index (χ0v) is 12.4. The first-order valence-electron chi connectivity index (χ1n) is 6.42. The molecule has 3 N–H and O–H groups in total. The van der Waals surface area contributed by atoms with Gasteiger partial charge in [0.05, 0.1) is 13.2 Å². The Labute approximate surface area is 111 Å². The van der Waals surface area contributed by atoms with Crippen molar-refractivity contribution in [2.75, 3.05) is 14.2 Å². The first-order chi connectivity index (χ1) is 8.31. The van der Waals surface area contributed by atoms with Crippen LogP contribution in [0.15, 0.2) is 18.2 Å². The van der Waals surface area contributed by atoms with E-state index in [1.807, 2.05) is 20.0 Å². The van der Waals surface area contributed by atoms with Gasteiger partial charge in [-0.05, 0) is 37.1 Å². The molecule has 0 fully saturated rings. The molecule has 0 spiro atoms. The minimum Gasteiger partial charge on any atom is -0.496 e. The van der Waals surface area contributed by atoms with E-state index < -0.39 is 0 Å². The number of nitrogens with two attached hydrogens (primary N) is 1. The Hall–Kier alpha value is -1.06. The maximum Gasteiger partial charge on any atom is 0.123 e. The van der Waals surface area contributed by atoms with E-state index in [0.717, 1.165) is 11.3 Å². The van der Waals surface area contributed by atoms with Crippen molar-refractivity contribution in [1.82, 2.24) is 5.32 Å². The molecule has 1 aromatic rings. The van der Waals surface area contributed by atoms with Gasteiger partial charge in [-0.1, -0.05) is 26.8 Å². The normalized spacial score (nSPS) is 15.3. The quantitative estimate of drug-likeness (QED) is 0.863. The van der Waals surface area contributed by atoms with Crippen molar-refractivity contribution in [3.8, 4) is 5.75 Å². The van der Waals surface area contributed by atoms with Crippen molar-refractivity contribution < 1.29 is 4.74 Å². The second-order valence-corrected chi connectivity index (χ2v) is 5.83. The summed E-state index contributed by atoms with van der Waals surface area (Å²) >= 11 is 0. The molecule has 3 heteroatoms. The zero-order valence-electron chi connectivity index (χ0n) is 12.4. The highest BCUT2D eigenvalue weighted by atomic mass is 16.5. The highest BCUT2D eigenvalue weighted by molar-refractivity contribution is 5.42. The van der Waals surface area contributed by atoms with Gasteiger partial charge in [-0.3, -0.25) is 0 Å². The molecule has 0 saturated carbocycles. The minimum atomic E-state index is 0.0270. The number of benzene rings is 1. The van der Waals surface area contributed by atoms with Gasteiger partial charge in [0.25, 0.3) is 0 Å². The number of nitrogens with one attached hydrogen (secondary N) is 1. The van der Waals surface area contributed by atoms with Gasteiger partial charge in [0.1, 0.15) is 5.75 Å². The number of ether oxygens (including phenoxy) is 1. The number of hydrogen-bond donors (Lipinski definition) is 2. The highest BCUT2D eigenvalue weighted by Gasteiger charge is 2.22. The van der Waals surface area contributed by atoms with Gasteiger partial charge in [0.2, 0.25) is 0 Å². The first-order valence-corrected chi connectivity index (χ1v) is 6.42. The molecular weight excluding hydrogens is 224 g/mol. The molecule has 0 bridgehead atoms. The van der Waals surface area contributed by atoms with Crippen molar-refractivity contribution in [2.45, 2.75) is 45.2 Å². The van der Waals surface area contributed by atoms with Gasteiger partial charge in [-0.25, -0.2) is 0 Å². The SMILES string of the molecule is CNC(c1cc(C(C)(C)C)ccc1OC)C(C)N. The second-order valence-electron chi connectivity index (χ2n) is 5.83. The van der Waals surface area contributed by atoms with E-state index in [2.05, 4.69) is 38.2 Å². The Morgan fingerprint density at radius 3 is 2.28 bits per heavy atom. The first kappa shape index (κ1) is 15.0. The fraction of sp³-hybridized carbons (Fsp3) is 0.600. The molecule has 1 aromatic carbocycles. The van der Waals surface area contributed by atoms with Crippen LogP contribution in [0.3, 0.4) is 0 Å². The van der Waals surface area contributed by atoms with Gasteiger partial charge in [-0.15, -0.1) is 0 Å². The summed E-state index contributed by atoms with van der Waals surface area (Å²) in [4.78, 5) is 0. The average molecular weight is 250 g/mol. The molecule has 0 radical (unpaired) electrons. The molecule has 0 aromatic heterocycles. The Morgan fingerprint density at radius 2 is 1.89 bits per heavy atom. The van der Waals surface area contributed by atoms with E-state index in [-0.39, 0.29) is 17.5 Å². The molecule has 0 aliphatic heterocycles. The zero-order chi connectivity index (χ0) is 13.9. The van der Waals surface area contributed by atoms with Crippen molar-refractivity contribution in [2.24, 2.45) is 5.73 Å². The van der Waals surface area contributed by atoms with E-state index in [1.54, 1.807) is 7.11 Å². The van der Waals surface area contributed by atoms with Gasteiger partial charge in [0, 0.05) is 11.6 Å². The monoisotopic (exact) mass is 250 g/mol. The van der Waals surface area contributed by atoms with E-state index in [0.29, 0.717) is 0 Å². The standard InChI is InChI=1S/C15H26N2O/c1-10(16)14(17-5)12-9-11(15(2,3)4)7-8-13(12)18-6/h7-10,14,17H,16H2,1-6H3. The highest BCUT2D eigenvalue weighted by Crippen LogP contribution is 2.32. The Kier molecular flexibility index (Phi) is 4.77. The lowest BCUT2D eigenvalue weighted by atomic mass is 9.84. The molecule has 3 nitrogen and oxygen atoms in total. The van der Waals surface area contributed by atoms with Gasteiger partial charge >= 0.3 is 0 Å². The summed E-state index contributed by atoms with van der Waals surface area (Å²) in [7, 11) is 3.63. The van der Waals surface area contributed by atoms with E-state index in [1.165, 1.54) is 5.56 Å². The van der Waals surface area contributed by atoms with Crippen LogP contribution in [0.2, 0.25) is 0 Å². The summed E-state index contributed by atoms with van der Waals surface area (Å²) in [5, 5.41) is 3.27. The molecule has 1 rings (SSSR count). The fourth-order valence-electron chi connectivity index (χ4n) is 2.15. The van der Waals surface area contributed by atoms with Gasteiger partial charge < -0.3 is 15.8 Å². The summed E-state index contributed by atoms with van der Waals surface area (Å²) in [6, 6.07) is 6.48. The Bertz CT molecular complexity index is 394. The van der Waals surface area contributed by atoms with Gasteiger partial charge in [-0.2, -0.15) is 0 Å². The van der Waals surface area contributed by atoms with Crippen LogP contribution in [0, 0.1) is 0 Å². The molecule has 2 atom stereocenters. The molecule has 18 heavy (non-hydrogen) atoms. The van der Waals surface area contributed by atoms with E-state index >= 15 is 0 Å². The van der Waals surface area contributed by atoms with Crippen molar-refractivity contribution in [1.29, 1.82) is 0 Å². The Morgan fingerprint density at radius 1 is 1.28 bits per heavy atom. The molecule has 0 aliphatic carbocycles. The average Bonchev–Trinajstić information content (AvgIpc) is 2.28. The smallest absolute Gasteiger partial charge is 0.123 e. The van der Waals surface area contributed by atoms with Crippen molar-refractivity contribution in [3.05, 3.63) is 29.3 Å². The summed E-state index contributed by atoms with van der Waals surface area (Å²) in [6.07, 6.45) is 0. The lowest BCUT2D eigenvalue weighted by Crippen LogP contribution is -2.34. The topological polar surface area (TPSA) is 47.3 Å². The minimum absolute atomic E-state index is 0.0270. The van der Waals surface area contributed by atoms with Crippen LogP contribution in [-0.4, -0.2) is 20.2 Å². The summed E-state index contributed by atoms with van der Waals surface area (Å²) in [5.41, 5.74) is 8.58. The predicted octanol–water partition coefficient (Wildman–Crippen LogP) is 2.60. The van der Waals surface area contributed by atoms with Crippen LogP contribution >= 0.6 is 0 Å². The van der Waals surface area contributed by atoms with Crippen LogP contribution in [-0.2, 0) is 5.41 Å². The molecule has 2 unspecified atom stereocenters. The summed E-state index contributed by atoms with van der Waals surface area (Å²) < 4.78 is 5.45. The third-order valence-corrected chi connectivity index (χ3v) is 3.27. The number of methoxy groups -OCH3 is 1. The van der Waals surface area contributed by atoms with Crippen molar-refractivity contribution in [3.63, 3.8) is 0 Å².